The first-order chi connectivity index (χ1) is 5.13. The number of alkyl halides is 1. The Balaban J connectivity index is 2.52. The molecule has 0 radical (unpaired) electrons. The molecule has 4 nitrogen and oxygen atoms in total. The lowest BCUT2D eigenvalue weighted by Crippen LogP contribution is -2.42. The highest BCUT2D eigenvalue weighted by Crippen LogP contribution is 2.10. The van der Waals surface area contributed by atoms with Crippen molar-refractivity contribution in [2.24, 2.45) is 0 Å². The Morgan fingerprint density at radius 3 is 2.73 bits per heavy atom. The first-order valence-electron chi connectivity index (χ1n) is 3.43. The van der Waals surface area contributed by atoms with Crippen molar-refractivity contribution in [3.8, 4) is 0 Å². The third-order valence-electron chi connectivity index (χ3n) is 1.91. The normalized spacial score (nSPS) is 30.4. The van der Waals surface area contributed by atoms with E-state index in [0.29, 0.717) is 6.54 Å². The number of likely N-dealkylation sites (N-methyl/N-ethyl adjacent to an activating group) is 1. The van der Waals surface area contributed by atoms with Crippen LogP contribution in [0.4, 0.5) is 9.18 Å². The minimum Gasteiger partial charge on any atom is -0.465 e. The molecule has 0 aromatic heterocycles. The molecular formula is C6H11FN2O2. The van der Waals surface area contributed by atoms with E-state index in [4.69, 9.17) is 5.11 Å². The average molecular weight is 162 g/mol. The van der Waals surface area contributed by atoms with Gasteiger partial charge in [-0.25, -0.2) is 9.18 Å². The van der Waals surface area contributed by atoms with Crippen molar-refractivity contribution < 1.29 is 14.3 Å². The summed E-state index contributed by atoms with van der Waals surface area (Å²) < 4.78 is 12.8. The maximum Gasteiger partial charge on any atom is 0.407 e. The number of carbonyl (C=O) groups is 1. The zero-order chi connectivity index (χ0) is 8.43. The fraction of sp³-hybridized carbons (Fsp3) is 0.833. The predicted octanol–water partition coefficient (Wildman–Crippen LogP) is -0.0939. The van der Waals surface area contributed by atoms with Gasteiger partial charge in [0, 0.05) is 20.1 Å². The Morgan fingerprint density at radius 2 is 2.36 bits per heavy atom. The van der Waals surface area contributed by atoms with Crippen LogP contribution < -0.4 is 5.32 Å². The third kappa shape index (κ3) is 1.59. The molecule has 0 spiro atoms. The lowest BCUT2D eigenvalue weighted by atomic mass is 10.2. The van der Waals surface area contributed by atoms with Crippen molar-refractivity contribution in [2.45, 2.75) is 12.2 Å². The van der Waals surface area contributed by atoms with Crippen LogP contribution in [-0.2, 0) is 0 Å². The highest BCUT2D eigenvalue weighted by molar-refractivity contribution is 5.65. The molecule has 0 aliphatic carbocycles. The van der Waals surface area contributed by atoms with Crippen LogP contribution in [0.25, 0.3) is 0 Å². The second kappa shape index (κ2) is 3.04. The Labute approximate surface area is 64.0 Å². The fourth-order valence-electron chi connectivity index (χ4n) is 1.15. The SMILES string of the molecule is CN(C(=O)O)C1CNCC1F. The summed E-state index contributed by atoms with van der Waals surface area (Å²) in [7, 11) is 1.38. The van der Waals surface area contributed by atoms with Gasteiger partial charge in [0.2, 0.25) is 0 Å². The molecule has 0 bridgehead atoms. The van der Waals surface area contributed by atoms with Crippen molar-refractivity contribution >= 4 is 6.09 Å². The van der Waals surface area contributed by atoms with Crippen molar-refractivity contribution in [1.29, 1.82) is 0 Å². The molecule has 1 rings (SSSR count). The number of rotatable bonds is 1. The van der Waals surface area contributed by atoms with Crippen LogP contribution in [0.15, 0.2) is 0 Å². The third-order valence-corrected chi connectivity index (χ3v) is 1.91. The van der Waals surface area contributed by atoms with Crippen molar-refractivity contribution in [3.05, 3.63) is 0 Å². The summed E-state index contributed by atoms with van der Waals surface area (Å²) in [6.07, 6.45) is -2.16. The molecule has 1 fully saturated rings. The molecule has 0 aromatic rings. The Morgan fingerprint density at radius 1 is 1.73 bits per heavy atom. The molecule has 1 aliphatic heterocycles. The molecule has 0 saturated carbocycles. The van der Waals surface area contributed by atoms with Crippen molar-refractivity contribution in [3.63, 3.8) is 0 Å². The van der Waals surface area contributed by atoms with Gasteiger partial charge in [-0.3, -0.25) is 0 Å². The molecular weight excluding hydrogens is 151 g/mol. The van der Waals surface area contributed by atoms with Crippen LogP contribution in [0.3, 0.4) is 0 Å². The van der Waals surface area contributed by atoms with Gasteiger partial charge in [-0.1, -0.05) is 0 Å². The van der Waals surface area contributed by atoms with Gasteiger partial charge in [0.1, 0.15) is 6.17 Å². The summed E-state index contributed by atoms with van der Waals surface area (Å²) in [5.41, 5.74) is 0. The van der Waals surface area contributed by atoms with E-state index in [-0.39, 0.29) is 6.54 Å². The minimum absolute atomic E-state index is 0.252. The lowest BCUT2D eigenvalue weighted by molar-refractivity contribution is 0.122. The van der Waals surface area contributed by atoms with E-state index in [2.05, 4.69) is 5.32 Å². The quantitative estimate of drug-likeness (QED) is 0.566. The van der Waals surface area contributed by atoms with Gasteiger partial charge < -0.3 is 15.3 Å². The van der Waals surface area contributed by atoms with Crippen LogP contribution >= 0.6 is 0 Å². The zero-order valence-corrected chi connectivity index (χ0v) is 6.25. The molecule has 1 amide bonds. The number of hydrogen-bond acceptors (Lipinski definition) is 2. The fourth-order valence-corrected chi connectivity index (χ4v) is 1.15. The zero-order valence-electron chi connectivity index (χ0n) is 6.25. The monoisotopic (exact) mass is 162 g/mol. The van der Waals surface area contributed by atoms with E-state index >= 15 is 0 Å². The van der Waals surface area contributed by atoms with Gasteiger partial charge in [0.05, 0.1) is 6.04 Å². The Hall–Kier alpha value is -0.840. The number of hydrogen-bond donors (Lipinski definition) is 2. The number of amides is 1. The average Bonchev–Trinajstić information content (AvgIpc) is 2.33. The number of halogens is 1. The summed E-state index contributed by atoms with van der Waals surface area (Å²) in [4.78, 5) is 11.4. The summed E-state index contributed by atoms with van der Waals surface area (Å²) >= 11 is 0. The van der Waals surface area contributed by atoms with E-state index < -0.39 is 18.3 Å². The maximum absolute atomic E-state index is 12.8. The molecule has 2 unspecified atom stereocenters. The van der Waals surface area contributed by atoms with E-state index in [1.54, 1.807) is 0 Å². The molecule has 1 saturated heterocycles. The van der Waals surface area contributed by atoms with Gasteiger partial charge in [-0.2, -0.15) is 0 Å². The van der Waals surface area contributed by atoms with Gasteiger partial charge >= 0.3 is 6.09 Å². The molecule has 64 valence electrons. The number of nitrogens with zero attached hydrogens (tertiary/aromatic N) is 1. The summed E-state index contributed by atoms with van der Waals surface area (Å²) in [5, 5.41) is 11.3. The molecule has 11 heavy (non-hydrogen) atoms. The van der Waals surface area contributed by atoms with Crippen LogP contribution in [0, 0.1) is 0 Å². The van der Waals surface area contributed by atoms with Crippen LogP contribution in [-0.4, -0.2) is 48.5 Å². The first kappa shape index (κ1) is 8.26. The van der Waals surface area contributed by atoms with Gasteiger partial charge in [-0.15, -0.1) is 0 Å². The molecule has 2 N–H and O–H groups in total. The molecule has 1 aliphatic rings. The summed E-state index contributed by atoms with van der Waals surface area (Å²) in [5.74, 6) is 0. The molecule has 5 heteroatoms. The van der Waals surface area contributed by atoms with Gasteiger partial charge in [-0.05, 0) is 0 Å². The van der Waals surface area contributed by atoms with Crippen molar-refractivity contribution in [1.82, 2.24) is 10.2 Å². The second-order valence-electron chi connectivity index (χ2n) is 2.64. The highest BCUT2D eigenvalue weighted by Gasteiger charge is 2.32. The van der Waals surface area contributed by atoms with Crippen LogP contribution in [0.1, 0.15) is 0 Å². The molecule has 1 heterocycles. The van der Waals surface area contributed by atoms with Gasteiger partial charge in [0.15, 0.2) is 0 Å². The van der Waals surface area contributed by atoms with Crippen LogP contribution in [0.5, 0.6) is 0 Å². The number of nitrogens with one attached hydrogen (secondary N) is 1. The highest BCUT2D eigenvalue weighted by atomic mass is 19.1. The van der Waals surface area contributed by atoms with Gasteiger partial charge in [0.25, 0.3) is 0 Å². The maximum atomic E-state index is 12.8. The van der Waals surface area contributed by atoms with Crippen molar-refractivity contribution in [2.75, 3.05) is 20.1 Å². The minimum atomic E-state index is -1.08. The van der Waals surface area contributed by atoms with E-state index in [0.717, 1.165) is 4.90 Å². The Bertz CT molecular complexity index is 165. The lowest BCUT2D eigenvalue weighted by Gasteiger charge is -2.21. The summed E-state index contributed by atoms with van der Waals surface area (Å²) in [6.45, 7) is 0.659. The largest absolute Gasteiger partial charge is 0.465 e. The van der Waals surface area contributed by atoms with E-state index in [1.165, 1.54) is 7.05 Å². The topological polar surface area (TPSA) is 52.6 Å². The Kier molecular flexibility index (Phi) is 2.28. The summed E-state index contributed by atoms with van der Waals surface area (Å²) in [6, 6.07) is -0.521. The predicted molar refractivity (Wildman–Crippen MR) is 37.3 cm³/mol. The van der Waals surface area contributed by atoms with E-state index in [9.17, 15) is 9.18 Å². The van der Waals surface area contributed by atoms with Crippen LogP contribution in [0.2, 0.25) is 0 Å². The standard InChI is InChI=1S/C6H11FN2O2/c1-9(6(10)11)5-3-8-2-4(5)7/h4-5,8H,2-3H2,1H3,(H,10,11). The first-order valence-corrected chi connectivity index (χ1v) is 3.43. The molecule has 0 aromatic carbocycles. The smallest absolute Gasteiger partial charge is 0.407 e. The molecule has 2 atom stereocenters. The second-order valence-corrected chi connectivity index (χ2v) is 2.64. The number of carboxylic acid groups (broad SMARTS) is 1. The van der Waals surface area contributed by atoms with E-state index in [1.807, 2.05) is 0 Å².